The Morgan fingerprint density at radius 1 is 1.27 bits per heavy atom. The highest BCUT2D eigenvalue weighted by Crippen LogP contribution is 2.18. The van der Waals surface area contributed by atoms with E-state index in [0.29, 0.717) is 26.1 Å². The van der Waals surface area contributed by atoms with E-state index in [9.17, 15) is 9.59 Å². The first-order valence-corrected chi connectivity index (χ1v) is 9.49. The topological polar surface area (TPSA) is 78.7 Å². The van der Waals surface area contributed by atoms with Crippen molar-refractivity contribution in [3.8, 4) is 0 Å². The molecule has 0 spiro atoms. The first-order valence-electron chi connectivity index (χ1n) is 9.49. The summed E-state index contributed by atoms with van der Waals surface area (Å²) in [5.74, 6) is 0.215. The summed E-state index contributed by atoms with van der Waals surface area (Å²) in [6, 6.07) is 10.2. The summed E-state index contributed by atoms with van der Waals surface area (Å²) < 4.78 is 0. The van der Waals surface area contributed by atoms with Gasteiger partial charge in [-0.1, -0.05) is 30.3 Å². The van der Waals surface area contributed by atoms with Crippen molar-refractivity contribution in [3.05, 3.63) is 35.9 Å². The number of likely N-dealkylation sites (N-methyl/N-ethyl adjacent to an activating group) is 1. The molecule has 3 N–H and O–H groups in total. The molecule has 1 heterocycles. The second kappa shape index (κ2) is 10.3. The van der Waals surface area contributed by atoms with Crippen molar-refractivity contribution in [2.45, 2.75) is 38.8 Å². The molecule has 0 bridgehead atoms. The molecule has 26 heavy (non-hydrogen) atoms. The van der Waals surface area contributed by atoms with E-state index in [1.54, 1.807) is 0 Å². The van der Waals surface area contributed by atoms with E-state index >= 15 is 0 Å². The molecule has 0 aromatic heterocycles. The fraction of sp³-hybridized carbons (Fsp3) is 0.600. The van der Waals surface area contributed by atoms with Gasteiger partial charge in [0.05, 0.1) is 0 Å². The van der Waals surface area contributed by atoms with Crippen molar-refractivity contribution in [3.63, 3.8) is 0 Å². The zero-order valence-electron chi connectivity index (χ0n) is 16.0. The maximum atomic E-state index is 12.3. The van der Waals surface area contributed by atoms with Gasteiger partial charge in [-0.15, -0.1) is 0 Å². The highest BCUT2D eigenvalue weighted by Gasteiger charge is 2.27. The molecular weight excluding hydrogens is 328 g/mol. The predicted octanol–water partition coefficient (Wildman–Crippen LogP) is 1.21. The quantitative estimate of drug-likeness (QED) is 0.730. The summed E-state index contributed by atoms with van der Waals surface area (Å²) in [6.07, 6.45) is 1.84. The van der Waals surface area contributed by atoms with Gasteiger partial charge >= 0.3 is 0 Å². The number of hydrogen-bond acceptors (Lipinski definition) is 4. The third kappa shape index (κ3) is 6.77. The number of benzene rings is 1. The highest BCUT2D eigenvalue weighted by atomic mass is 16.2. The van der Waals surface area contributed by atoms with Crippen LogP contribution in [-0.2, 0) is 16.1 Å². The zero-order valence-corrected chi connectivity index (χ0v) is 16.0. The standard InChI is InChI=1S/C20H32N4O2/c1-16(21)14-19(25)24-11-8-18(9-12-24)20(26)22-10-13-23(2)15-17-6-4-3-5-7-17/h3-7,16,18H,8-15,21H2,1-2H3,(H,22,26). The summed E-state index contributed by atoms with van der Waals surface area (Å²) in [5, 5.41) is 3.04. The molecule has 6 nitrogen and oxygen atoms in total. The maximum absolute atomic E-state index is 12.3. The van der Waals surface area contributed by atoms with Crippen molar-refractivity contribution in [2.75, 3.05) is 33.2 Å². The van der Waals surface area contributed by atoms with Crippen LogP contribution < -0.4 is 11.1 Å². The Morgan fingerprint density at radius 3 is 2.54 bits per heavy atom. The minimum Gasteiger partial charge on any atom is -0.355 e. The number of hydrogen-bond donors (Lipinski definition) is 2. The average molecular weight is 361 g/mol. The number of amides is 2. The Balaban J connectivity index is 1.64. The van der Waals surface area contributed by atoms with Crippen LogP contribution in [0.2, 0.25) is 0 Å². The molecule has 0 saturated carbocycles. The van der Waals surface area contributed by atoms with Crippen molar-refractivity contribution in [2.24, 2.45) is 11.7 Å². The van der Waals surface area contributed by atoms with Gasteiger partial charge in [0.15, 0.2) is 0 Å². The van der Waals surface area contributed by atoms with E-state index in [2.05, 4.69) is 29.4 Å². The van der Waals surface area contributed by atoms with Crippen LogP contribution in [0.15, 0.2) is 30.3 Å². The van der Waals surface area contributed by atoms with Crippen LogP contribution >= 0.6 is 0 Å². The summed E-state index contributed by atoms with van der Waals surface area (Å²) in [7, 11) is 2.06. The van der Waals surface area contributed by atoms with Crippen molar-refractivity contribution < 1.29 is 9.59 Å². The number of carbonyl (C=O) groups excluding carboxylic acids is 2. The van der Waals surface area contributed by atoms with E-state index in [1.165, 1.54) is 5.56 Å². The van der Waals surface area contributed by atoms with E-state index in [0.717, 1.165) is 25.9 Å². The van der Waals surface area contributed by atoms with Gasteiger partial charge in [0.2, 0.25) is 11.8 Å². The minimum absolute atomic E-state index is 0.00813. The molecule has 1 aromatic rings. The first-order chi connectivity index (χ1) is 12.5. The Labute approximate surface area is 156 Å². The van der Waals surface area contributed by atoms with Gasteiger partial charge in [-0.3, -0.25) is 9.59 Å². The molecule has 1 atom stereocenters. The summed E-state index contributed by atoms with van der Waals surface area (Å²) in [5.41, 5.74) is 6.96. The van der Waals surface area contributed by atoms with Crippen LogP contribution in [-0.4, -0.2) is 60.9 Å². The fourth-order valence-corrected chi connectivity index (χ4v) is 3.28. The Bertz CT molecular complexity index is 568. The average Bonchev–Trinajstić information content (AvgIpc) is 2.62. The number of nitrogens with zero attached hydrogens (tertiary/aromatic N) is 2. The third-order valence-corrected chi connectivity index (χ3v) is 4.80. The lowest BCUT2D eigenvalue weighted by atomic mass is 9.95. The highest BCUT2D eigenvalue weighted by molar-refractivity contribution is 5.80. The molecule has 1 aliphatic rings. The normalized spacial score (nSPS) is 16.5. The SMILES string of the molecule is CC(N)CC(=O)N1CCC(C(=O)NCCN(C)Cc2ccccc2)CC1. The third-order valence-electron chi connectivity index (χ3n) is 4.80. The molecular formula is C20H32N4O2. The van der Waals surface area contributed by atoms with E-state index in [1.807, 2.05) is 30.0 Å². The Kier molecular flexibility index (Phi) is 8.06. The van der Waals surface area contributed by atoms with Crippen molar-refractivity contribution in [1.29, 1.82) is 0 Å². The van der Waals surface area contributed by atoms with Crippen LogP contribution in [0.5, 0.6) is 0 Å². The van der Waals surface area contributed by atoms with Crippen LogP contribution in [0.25, 0.3) is 0 Å². The molecule has 6 heteroatoms. The summed E-state index contributed by atoms with van der Waals surface area (Å²) in [4.78, 5) is 28.4. The lowest BCUT2D eigenvalue weighted by Gasteiger charge is -2.32. The van der Waals surface area contributed by atoms with Gasteiger partial charge in [0.1, 0.15) is 0 Å². The molecule has 144 valence electrons. The van der Waals surface area contributed by atoms with Crippen LogP contribution in [0.4, 0.5) is 0 Å². The second-order valence-corrected chi connectivity index (χ2v) is 7.35. The van der Waals surface area contributed by atoms with Crippen LogP contribution in [0.1, 0.15) is 31.7 Å². The van der Waals surface area contributed by atoms with Crippen LogP contribution in [0, 0.1) is 5.92 Å². The van der Waals surface area contributed by atoms with E-state index < -0.39 is 0 Å². The van der Waals surface area contributed by atoms with E-state index in [-0.39, 0.29) is 23.8 Å². The molecule has 1 unspecified atom stereocenters. The molecule has 1 fully saturated rings. The summed E-state index contributed by atoms with van der Waals surface area (Å²) >= 11 is 0. The number of nitrogens with one attached hydrogen (secondary N) is 1. The Morgan fingerprint density at radius 2 is 1.92 bits per heavy atom. The van der Waals surface area contributed by atoms with Gasteiger partial charge in [-0.2, -0.15) is 0 Å². The molecule has 0 radical (unpaired) electrons. The number of rotatable bonds is 8. The van der Waals surface area contributed by atoms with Crippen molar-refractivity contribution >= 4 is 11.8 Å². The molecule has 1 saturated heterocycles. The molecule has 1 aromatic carbocycles. The number of carbonyl (C=O) groups is 2. The zero-order chi connectivity index (χ0) is 18.9. The fourth-order valence-electron chi connectivity index (χ4n) is 3.28. The monoisotopic (exact) mass is 360 g/mol. The van der Waals surface area contributed by atoms with Gasteiger partial charge < -0.3 is 20.9 Å². The predicted molar refractivity (Wildman–Crippen MR) is 103 cm³/mol. The first kappa shape index (κ1) is 20.4. The second-order valence-electron chi connectivity index (χ2n) is 7.35. The number of nitrogens with two attached hydrogens (primary N) is 1. The molecule has 2 rings (SSSR count). The molecule has 2 amide bonds. The van der Waals surface area contributed by atoms with E-state index in [4.69, 9.17) is 5.73 Å². The molecule has 1 aliphatic heterocycles. The Hall–Kier alpha value is -1.92. The van der Waals surface area contributed by atoms with Gasteiger partial charge in [0, 0.05) is 51.1 Å². The maximum Gasteiger partial charge on any atom is 0.224 e. The lowest BCUT2D eigenvalue weighted by Crippen LogP contribution is -2.45. The van der Waals surface area contributed by atoms with Crippen molar-refractivity contribution in [1.82, 2.24) is 15.1 Å². The lowest BCUT2D eigenvalue weighted by molar-refractivity contribution is -0.135. The van der Waals surface area contributed by atoms with Gasteiger partial charge in [-0.25, -0.2) is 0 Å². The van der Waals surface area contributed by atoms with Crippen LogP contribution in [0.3, 0.4) is 0 Å². The summed E-state index contributed by atoms with van der Waals surface area (Å²) in [6.45, 7) is 5.47. The van der Waals surface area contributed by atoms with Gasteiger partial charge in [0.25, 0.3) is 0 Å². The minimum atomic E-state index is -0.114. The molecule has 0 aliphatic carbocycles. The number of likely N-dealkylation sites (tertiary alicyclic amines) is 1. The smallest absolute Gasteiger partial charge is 0.224 e. The number of piperidine rings is 1. The van der Waals surface area contributed by atoms with Gasteiger partial charge in [-0.05, 0) is 32.4 Å². The largest absolute Gasteiger partial charge is 0.355 e.